The van der Waals surface area contributed by atoms with Gasteiger partial charge in [-0.25, -0.2) is 0 Å². The van der Waals surface area contributed by atoms with Gasteiger partial charge >= 0.3 is 0 Å². The number of rotatable bonds is 3. The number of carbonyl (C=O) groups excluding carboxylic acids is 1. The molecule has 3 unspecified atom stereocenters. The molecule has 82 valence electrons. The fraction of sp³-hybridized carbons (Fsp3) is 0.900. The van der Waals surface area contributed by atoms with Gasteiger partial charge < -0.3 is 10.1 Å². The maximum Gasteiger partial charge on any atom is 0.233 e. The fourth-order valence-electron chi connectivity index (χ4n) is 1.49. The molecule has 0 bridgehead atoms. The summed E-state index contributed by atoms with van der Waals surface area (Å²) in [6.45, 7) is 6.71. The van der Waals surface area contributed by atoms with E-state index in [4.69, 9.17) is 4.74 Å². The third kappa shape index (κ3) is 2.89. The third-order valence-corrected chi connectivity index (χ3v) is 3.43. The van der Waals surface area contributed by atoms with Crippen LogP contribution < -0.4 is 5.32 Å². The van der Waals surface area contributed by atoms with Crippen LogP contribution in [-0.4, -0.2) is 29.9 Å². The molecule has 3 atom stereocenters. The van der Waals surface area contributed by atoms with Crippen LogP contribution in [0.1, 0.15) is 27.2 Å². The molecule has 0 aromatic rings. The van der Waals surface area contributed by atoms with E-state index in [-0.39, 0.29) is 29.2 Å². The summed E-state index contributed by atoms with van der Waals surface area (Å²) < 4.78 is 5.37. The van der Waals surface area contributed by atoms with E-state index in [1.807, 2.05) is 20.8 Å². The van der Waals surface area contributed by atoms with Crippen molar-refractivity contribution in [1.82, 2.24) is 5.32 Å². The van der Waals surface area contributed by atoms with Crippen molar-refractivity contribution in [1.29, 1.82) is 0 Å². The lowest BCUT2D eigenvalue weighted by atomic mass is 10.1. The second-order valence-corrected chi connectivity index (χ2v) is 4.72. The summed E-state index contributed by atoms with van der Waals surface area (Å²) in [5.74, 6) is 0.279. The van der Waals surface area contributed by atoms with E-state index in [2.05, 4.69) is 17.9 Å². The fourth-order valence-corrected chi connectivity index (χ4v) is 1.57. The van der Waals surface area contributed by atoms with Gasteiger partial charge in [0.15, 0.2) is 0 Å². The van der Waals surface area contributed by atoms with Crippen molar-refractivity contribution >= 4 is 18.5 Å². The Labute approximate surface area is 91.0 Å². The number of thiol groups is 1. The lowest BCUT2D eigenvalue weighted by molar-refractivity contribution is -0.122. The van der Waals surface area contributed by atoms with Gasteiger partial charge in [0.2, 0.25) is 5.91 Å². The summed E-state index contributed by atoms with van der Waals surface area (Å²) in [7, 11) is 0. The molecule has 1 fully saturated rings. The van der Waals surface area contributed by atoms with Crippen LogP contribution in [0.2, 0.25) is 0 Å². The summed E-state index contributed by atoms with van der Waals surface area (Å²) in [6, 6.07) is 0.163. The largest absolute Gasteiger partial charge is 0.376 e. The van der Waals surface area contributed by atoms with Gasteiger partial charge in [0.1, 0.15) is 0 Å². The molecule has 0 radical (unpaired) electrons. The Morgan fingerprint density at radius 2 is 2.21 bits per heavy atom. The quantitative estimate of drug-likeness (QED) is 0.698. The summed E-state index contributed by atoms with van der Waals surface area (Å²) in [6.07, 6.45) is 1.04. The van der Waals surface area contributed by atoms with Gasteiger partial charge in [-0.1, -0.05) is 13.8 Å². The Balaban J connectivity index is 2.40. The highest BCUT2D eigenvalue weighted by Gasteiger charge is 2.28. The van der Waals surface area contributed by atoms with Crippen molar-refractivity contribution in [3.63, 3.8) is 0 Å². The minimum atomic E-state index is -0.220. The Hall–Kier alpha value is -0.220. The first kappa shape index (κ1) is 11.9. The topological polar surface area (TPSA) is 38.3 Å². The van der Waals surface area contributed by atoms with Crippen LogP contribution in [0, 0.1) is 5.92 Å². The standard InChI is InChI=1S/C10H19NO2S/c1-6(2)9(14)10(12)11-8-4-5-13-7(8)3/h6-9,14H,4-5H2,1-3H3,(H,11,12). The number of ether oxygens (including phenoxy) is 1. The molecule has 1 heterocycles. The third-order valence-electron chi connectivity index (χ3n) is 2.60. The molecule has 3 nitrogen and oxygen atoms in total. The number of hydrogen-bond acceptors (Lipinski definition) is 3. The predicted octanol–water partition coefficient (Wildman–Crippen LogP) is 1.23. The minimum Gasteiger partial charge on any atom is -0.376 e. The van der Waals surface area contributed by atoms with Crippen LogP contribution in [0.3, 0.4) is 0 Å². The van der Waals surface area contributed by atoms with Crippen molar-refractivity contribution in [3.8, 4) is 0 Å². The predicted molar refractivity (Wildman–Crippen MR) is 59.6 cm³/mol. The molecule has 0 aromatic carbocycles. The highest BCUT2D eigenvalue weighted by Crippen LogP contribution is 2.15. The van der Waals surface area contributed by atoms with Crippen molar-refractivity contribution in [2.75, 3.05) is 6.61 Å². The first-order chi connectivity index (χ1) is 6.52. The molecule has 1 amide bonds. The molecule has 0 aliphatic carbocycles. The summed E-state index contributed by atoms with van der Waals surface area (Å²) in [5.41, 5.74) is 0. The zero-order valence-corrected chi connectivity index (χ0v) is 9.88. The van der Waals surface area contributed by atoms with Gasteiger partial charge in [0.05, 0.1) is 17.4 Å². The highest BCUT2D eigenvalue weighted by atomic mass is 32.1. The molecular formula is C10H19NO2S. The lowest BCUT2D eigenvalue weighted by Gasteiger charge is -2.20. The smallest absolute Gasteiger partial charge is 0.233 e. The molecule has 1 N–H and O–H groups in total. The SMILES string of the molecule is CC(C)C(S)C(=O)NC1CCOC1C. The Kier molecular flexibility index (Phi) is 4.26. The van der Waals surface area contributed by atoms with Crippen molar-refractivity contribution < 1.29 is 9.53 Å². The Morgan fingerprint density at radius 1 is 1.57 bits per heavy atom. The van der Waals surface area contributed by atoms with Crippen LogP contribution in [-0.2, 0) is 9.53 Å². The van der Waals surface area contributed by atoms with Gasteiger partial charge in [-0.05, 0) is 19.3 Å². The zero-order chi connectivity index (χ0) is 10.7. The van der Waals surface area contributed by atoms with E-state index in [1.165, 1.54) is 0 Å². The molecule has 0 spiro atoms. The maximum absolute atomic E-state index is 11.6. The first-order valence-corrected chi connectivity index (χ1v) is 5.64. The molecule has 1 saturated heterocycles. The molecule has 1 aliphatic heterocycles. The van der Waals surface area contributed by atoms with Crippen molar-refractivity contribution in [2.24, 2.45) is 5.92 Å². The van der Waals surface area contributed by atoms with Crippen LogP contribution in [0.4, 0.5) is 0 Å². The molecule has 14 heavy (non-hydrogen) atoms. The second-order valence-electron chi connectivity index (χ2n) is 4.17. The second kappa shape index (κ2) is 5.03. The summed E-state index contributed by atoms with van der Waals surface area (Å²) in [4.78, 5) is 11.6. The molecule has 0 saturated carbocycles. The van der Waals surface area contributed by atoms with Gasteiger partial charge in [-0.3, -0.25) is 4.79 Å². The van der Waals surface area contributed by atoms with Crippen molar-refractivity contribution in [2.45, 2.75) is 44.6 Å². The van der Waals surface area contributed by atoms with Gasteiger partial charge in [-0.15, -0.1) is 0 Å². The van der Waals surface area contributed by atoms with Crippen molar-refractivity contribution in [3.05, 3.63) is 0 Å². The number of amides is 1. The van der Waals surface area contributed by atoms with Crippen LogP contribution in [0.5, 0.6) is 0 Å². The molecule has 0 aromatic heterocycles. The van der Waals surface area contributed by atoms with E-state index in [9.17, 15) is 4.79 Å². The monoisotopic (exact) mass is 217 g/mol. The normalized spacial score (nSPS) is 29.2. The lowest BCUT2D eigenvalue weighted by Crippen LogP contribution is -2.44. The maximum atomic E-state index is 11.6. The highest BCUT2D eigenvalue weighted by molar-refractivity contribution is 7.81. The number of nitrogens with one attached hydrogen (secondary N) is 1. The van der Waals surface area contributed by atoms with E-state index in [1.54, 1.807) is 0 Å². The molecule has 4 heteroatoms. The minimum absolute atomic E-state index is 0.0192. The van der Waals surface area contributed by atoms with Crippen LogP contribution >= 0.6 is 12.6 Å². The van der Waals surface area contributed by atoms with Crippen LogP contribution in [0.15, 0.2) is 0 Å². The van der Waals surface area contributed by atoms with Gasteiger partial charge in [0, 0.05) is 6.61 Å². The van der Waals surface area contributed by atoms with E-state index >= 15 is 0 Å². The Bertz CT molecular complexity index is 208. The van der Waals surface area contributed by atoms with E-state index in [0.29, 0.717) is 0 Å². The molecule has 1 aliphatic rings. The van der Waals surface area contributed by atoms with E-state index < -0.39 is 0 Å². The average Bonchev–Trinajstić information content (AvgIpc) is 2.50. The Morgan fingerprint density at radius 3 is 2.64 bits per heavy atom. The molecular weight excluding hydrogens is 198 g/mol. The average molecular weight is 217 g/mol. The first-order valence-electron chi connectivity index (χ1n) is 5.12. The zero-order valence-electron chi connectivity index (χ0n) is 8.99. The van der Waals surface area contributed by atoms with E-state index in [0.717, 1.165) is 13.0 Å². The number of carbonyl (C=O) groups is 1. The summed E-state index contributed by atoms with van der Waals surface area (Å²) in [5, 5.41) is 2.75. The van der Waals surface area contributed by atoms with Gasteiger partial charge in [-0.2, -0.15) is 12.6 Å². The van der Waals surface area contributed by atoms with Crippen LogP contribution in [0.25, 0.3) is 0 Å². The number of hydrogen-bond donors (Lipinski definition) is 2. The molecule has 1 rings (SSSR count). The summed E-state index contributed by atoms with van der Waals surface area (Å²) >= 11 is 4.27. The van der Waals surface area contributed by atoms with Gasteiger partial charge in [0.25, 0.3) is 0 Å².